The van der Waals surface area contributed by atoms with Crippen LogP contribution in [-0.2, 0) is 14.3 Å². The normalized spacial score (nSPS) is 12.6. The van der Waals surface area contributed by atoms with E-state index < -0.39 is 12.1 Å². The Bertz CT molecular complexity index is 1020. The first-order valence-electron chi connectivity index (χ1n) is 30.9. The number of esters is 1. The molecule has 0 fully saturated rings. The summed E-state index contributed by atoms with van der Waals surface area (Å²) in [5.41, 5.74) is 0. The van der Waals surface area contributed by atoms with E-state index in [0.29, 0.717) is 25.9 Å². The topological polar surface area (TPSA) is 95.9 Å². The van der Waals surface area contributed by atoms with E-state index in [2.05, 4.69) is 31.3 Å². The number of unbranched alkanes of at least 4 members (excludes halogenated alkanes) is 45. The molecule has 3 N–H and O–H groups in total. The number of aliphatic hydroxyl groups excluding tert-OH is 2. The average molecular weight is 961 g/mol. The second-order valence-corrected chi connectivity index (χ2v) is 21.4. The van der Waals surface area contributed by atoms with Gasteiger partial charge in [-0.15, -0.1) is 0 Å². The molecular formula is C62H121NO5. The maximum Gasteiger partial charge on any atom is 0.305 e. The van der Waals surface area contributed by atoms with Crippen molar-refractivity contribution in [3.05, 3.63) is 12.2 Å². The van der Waals surface area contributed by atoms with E-state index >= 15 is 0 Å². The predicted octanol–water partition coefficient (Wildman–Crippen LogP) is 19.2. The number of hydrogen-bond donors (Lipinski definition) is 3. The Morgan fingerprint density at radius 3 is 1.04 bits per heavy atom. The summed E-state index contributed by atoms with van der Waals surface area (Å²) in [6.45, 7) is 4.95. The number of carbonyl (C=O) groups excluding carboxylic acids is 2. The Labute approximate surface area is 425 Å². The van der Waals surface area contributed by atoms with Gasteiger partial charge >= 0.3 is 5.97 Å². The van der Waals surface area contributed by atoms with E-state index in [4.69, 9.17) is 4.74 Å². The van der Waals surface area contributed by atoms with Crippen LogP contribution in [0.15, 0.2) is 12.2 Å². The molecule has 0 aliphatic rings. The van der Waals surface area contributed by atoms with Crippen LogP contribution in [0.2, 0.25) is 0 Å². The largest absolute Gasteiger partial charge is 0.466 e. The molecule has 2 atom stereocenters. The highest BCUT2D eigenvalue weighted by molar-refractivity contribution is 5.76. The lowest BCUT2D eigenvalue weighted by Crippen LogP contribution is -2.45. The van der Waals surface area contributed by atoms with Crippen LogP contribution >= 0.6 is 0 Å². The van der Waals surface area contributed by atoms with Gasteiger partial charge in [0.25, 0.3) is 0 Å². The smallest absolute Gasteiger partial charge is 0.305 e. The molecule has 0 aromatic rings. The highest BCUT2D eigenvalue weighted by Gasteiger charge is 2.20. The second kappa shape index (κ2) is 58.2. The molecule has 404 valence electrons. The number of ether oxygens (including phenoxy) is 1. The van der Waals surface area contributed by atoms with Crippen molar-refractivity contribution >= 4 is 11.9 Å². The standard InChI is InChI=1S/C62H121NO5/c1-3-5-7-9-11-13-15-16-33-36-40-44-48-52-56-62(67)68-57-53-49-45-41-37-34-31-29-27-25-23-21-19-17-18-20-22-24-26-28-30-32-35-39-43-47-51-55-61(66)63-59(58-64)60(65)54-50-46-42-38-14-12-10-8-6-4-2/h15-16,59-60,64-65H,3-14,17-58H2,1-2H3,(H,63,66)/b16-15-. The molecule has 0 spiro atoms. The summed E-state index contributed by atoms with van der Waals surface area (Å²) < 4.78 is 5.48. The molecule has 1 amide bonds. The first kappa shape index (κ1) is 66.6. The van der Waals surface area contributed by atoms with Crippen LogP contribution in [0.1, 0.15) is 348 Å². The summed E-state index contributed by atoms with van der Waals surface area (Å²) in [6, 6.07) is -0.536. The van der Waals surface area contributed by atoms with E-state index in [1.54, 1.807) is 0 Å². The van der Waals surface area contributed by atoms with Crippen molar-refractivity contribution in [2.45, 2.75) is 360 Å². The zero-order valence-corrected chi connectivity index (χ0v) is 46.1. The number of hydrogen-bond acceptors (Lipinski definition) is 5. The molecule has 0 bridgehead atoms. The molecule has 6 heteroatoms. The van der Waals surface area contributed by atoms with Crippen molar-refractivity contribution in [3.8, 4) is 0 Å². The van der Waals surface area contributed by atoms with Gasteiger partial charge in [-0.25, -0.2) is 0 Å². The molecule has 6 nitrogen and oxygen atoms in total. The van der Waals surface area contributed by atoms with Crippen LogP contribution in [0.4, 0.5) is 0 Å². The van der Waals surface area contributed by atoms with E-state index in [1.165, 1.54) is 270 Å². The van der Waals surface area contributed by atoms with Crippen molar-refractivity contribution in [2.24, 2.45) is 0 Å². The summed E-state index contributed by atoms with van der Waals surface area (Å²) in [6.07, 6.45) is 69.5. The van der Waals surface area contributed by atoms with E-state index in [-0.39, 0.29) is 18.5 Å². The van der Waals surface area contributed by atoms with Gasteiger partial charge in [-0.05, 0) is 51.4 Å². The van der Waals surface area contributed by atoms with Crippen LogP contribution in [0.5, 0.6) is 0 Å². The highest BCUT2D eigenvalue weighted by atomic mass is 16.5. The Balaban J connectivity index is 3.31. The zero-order valence-electron chi connectivity index (χ0n) is 46.1. The van der Waals surface area contributed by atoms with Crippen molar-refractivity contribution in [1.29, 1.82) is 0 Å². The molecule has 0 aromatic heterocycles. The van der Waals surface area contributed by atoms with Gasteiger partial charge < -0.3 is 20.3 Å². The van der Waals surface area contributed by atoms with Gasteiger partial charge in [0.2, 0.25) is 5.91 Å². The van der Waals surface area contributed by atoms with Gasteiger partial charge in [0.15, 0.2) is 0 Å². The molecule has 0 aliphatic heterocycles. The summed E-state index contributed by atoms with van der Waals surface area (Å²) in [5.74, 6) is -0.0226. The lowest BCUT2D eigenvalue weighted by molar-refractivity contribution is -0.143. The molecule has 0 saturated carbocycles. The third-order valence-corrected chi connectivity index (χ3v) is 14.6. The maximum atomic E-state index is 12.4. The van der Waals surface area contributed by atoms with Crippen LogP contribution in [0, 0.1) is 0 Å². The molecule has 0 aromatic carbocycles. The van der Waals surface area contributed by atoms with Gasteiger partial charge in [-0.3, -0.25) is 9.59 Å². The minimum Gasteiger partial charge on any atom is -0.466 e. The SMILES string of the molecule is CCCCCCC/C=C\CCCCCCCC(=O)OCCCCCCCCCCCCCCCCCCCCCCCCCCCCCC(=O)NC(CO)C(O)CCCCCCCCCCCC. The van der Waals surface area contributed by atoms with E-state index in [1.807, 2.05) is 0 Å². The first-order chi connectivity index (χ1) is 33.5. The molecule has 0 saturated heterocycles. The molecule has 0 rings (SSSR count). The predicted molar refractivity (Wildman–Crippen MR) is 297 cm³/mol. The van der Waals surface area contributed by atoms with Crippen molar-refractivity contribution in [1.82, 2.24) is 5.32 Å². The number of nitrogens with one attached hydrogen (secondary N) is 1. The monoisotopic (exact) mass is 960 g/mol. The van der Waals surface area contributed by atoms with Crippen LogP contribution < -0.4 is 5.32 Å². The number of carbonyl (C=O) groups is 2. The third kappa shape index (κ3) is 53.9. The van der Waals surface area contributed by atoms with Crippen molar-refractivity contribution in [2.75, 3.05) is 13.2 Å². The highest BCUT2D eigenvalue weighted by Crippen LogP contribution is 2.18. The Morgan fingerprint density at radius 1 is 0.397 bits per heavy atom. The van der Waals surface area contributed by atoms with Crippen LogP contribution in [-0.4, -0.2) is 47.4 Å². The number of allylic oxidation sites excluding steroid dienone is 2. The molecule has 0 heterocycles. The van der Waals surface area contributed by atoms with Gasteiger partial charge in [0.1, 0.15) is 0 Å². The fourth-order valence-electron chi connectivity index (χ4n) is 9.81. The first-order valence-corrected chi connectivity index (χ1v) is 30.9. The Hall–Kier alpha value is -1.40. The lowest BCUT2D eigenvalue weighted by Gasteiger charge is -2.22. The Kier molecular flexibility index (Phi) is 57.0. The quantitative estimate of drug-likeness (QED) is 0.0321. The average Bonchev–Trinajstić information content (AvgIpc) is 3.34. The molecule has 2 unspecified atom stereocenters. The van der Waals surface area contributed by atoms with Crippen LogP contribution in [0.25, 0.3) is 0 Å². The molecule has 0 aliphatic carbocycles. The third-order valence-electron chi connectivity index (χ3n) is 14.6. The molecule has 0 radical (unpaired) electrons. The fraction of sp³-hybridized carbons (Fsp3) is 0.935. The van der Waals surface area contributed by atoms with Gasteiger partial charge in [-0.1, -0.05) is 296 Å². The fourth-order valence-corrected chi connectivity index (χ4v) is 9.81. The summed E-state index contributed by atoms with van der Waals surface area (Å²) in [5, 5.41) is 23.2. The molecular weight excluding hydrogens is 839 g/mol. The van der Waals surface area contributed by atoms with Crippen LogP contribution in [0.3, 0.4) is 0 Å². The zero-order chi connectivity index (χ0) is 49.3. The van der Waals surface area contributed by atoms with E-state index in [9.17, 15) is 19.8 Å². The summed E-state index contributed by atoms with van der Waals surface area (Å²) in [7, 11) is 0. The lowest BCUT2D eigenvalue weighted by atomic mass is 10.0. The van der Waals surface area contributed by atoms with Crippen molar-refractivity contribution in [3.63, 3.8) is 0 Å². The van der Waals surface area contributed by atoms with E-state index in [0.717, 1.165) is 44.9 Å². The maximum absolute atomic E-state index is 12.4. The van der Waals surface area contributed by atoms with Crippen molar-refractivity contribution < 1.29 is 24.5 Å². The van der Waals surface area contributed by atoms with Gasteiger partial charge in [0, 0.05) is 12.8 Å². The second-order valence-electron chi connectivity index (χ2n) is 21.4. The summed E-state index contributed by atoms with van der Waals surface area (Å²) >= 11 is 0. The summed E-state index contributed by atoms with van der Waals surface area (Å²) in [4.78, 5) is 24.5. The Morgan fingerprint density at radius 2 is 0.691 bits per heavy atom. The van der Waals surface area contributed by atoms with Gasteiger partial charge in [-0.2, -0.15) is 0 Å². The van der Waals surface area contributed by atoms with Gasteiger partial charge in [0.05, 0.1) is 25.4 Å². The molecule has 68 heavy (non-hydrogen) atoms. The number of aliphatic hydroxyl groups is 2. The number of amides is 1. The minimum absolute atomic E-state index is 0.00990. The number of rotatable bonds is 58. The minimum atomic E-state index is -0.659.